The van der Waals surface area contributed by atoms with Gasteiger partial charge in [-0.15, -0.1) is 0 Å². The molecule has 1 aromatic heterocycles. The van der Waals surface area contributed by atoms with Gasteiger partial charge in [0.2, 0.25) is 0 Å². The van der Waals surface area contributed by atoms with Crippen LogP contribution >= 0.6 is 11.6 Å². The molecule has 0 bridgehead atoms. The first kappa shape index (κ1) is 18.8. The summed E-state index contributed by atoms with van der Waals surface area (Å²) < 4.78 is 0. The number of anilines is 1. The van der Waals surface area contributed by atoms with Crippen LogP contribution in [0.3, 0.4) is 0 Å². The quantitative estimate of drug-likeness (QED) is 0.497. The molecular formula is C18H18ClN5O3. The van der Waals surface area contributed by atoms with E-state index in [4.69, 9.17) is 11.6 Å². The maximum absolute atomic E-state index is 11.9. The minimum absolute atomic E-state index is 0.0373. The predicted molar refractivity (Wildman–Crippen MR) is 105 cm³/mol. The highest BCUT2D eigenvalue weighted by Gasteiger charge is 2.20. The van der Waals surface area contributed by atoms with Crippen molar-refractivity contribution >= 4 is 33.9 Å². The van der Waals surface area contributed by atoms with Crippen molar-refractivity contribution in [2.45, 2.75) is 6.04 Å². The molecule has 0 radical (unpaired) electrons. The third-order valence-corrected chi connectivity index (χ3v) is 4.57. The number of benzene rings is 2. The highest BCUT2D eigenvalue weighted by molar-refractivity contribution is 6.30. The van der Waals surface area contributed by atoms with Gasteiger partial charge in [-0.25, -0.2) is 4.98 Å². The van der Waals surface area contributed by atoms with Gasteiger partial charge < -0.3 is 15.2 Å². The Kier molecular flexibility index (Phi) is 5.38. The van der Waals surface area contributed by atoms with Gasteiger partial charge in [0, 0.05) is 17.6 Å². The number of nitro benzene ring substituents is 1. The minimum Gasteiger partial charge on any atom is -0.378 e. The lowest BCUT2D eigenvalue weighted by molar-refractivity contribution is -0.383. The van der Waals surface area contributed by atoms with Gasteiger partial charge in [0.05, 0.1) is 28.2 Å². The first-order chi connectivity index (χ1) is 12.9. The Balaban J connectivity index is 1.94. The fourth-order valence-electron chi connectivity index (χ4n) is 2.89. The van der Waals surface area contributed by atoms with E-state index in [0.29, 0.717) is 22.8 Å². The molecule has 0 saturated carbocycles. The number of aromatic nitrogens is 2. The number of likely N-dealkylation sites (N-methyl/N-ethyl adjacent to an activating group) is 1. The standard InChI is InChI=1S/C18H18ClN5O3/c1-23(2)17(11-3-5-12(19)6-4-11)9-20-15-8-14-13(7-16(15)24(26)27)18(25)22-10-21-14/h3-8,10,17,20H,9H2,1-2H3,(H,21,22,25). The number of fused-ring (bicyclic) bond motifs is 1. The predicted octanol–water partition coefficient (Wildman–Crippen LogP) is 3.20. The van der Waals surface area contributed by atoms with Crippen LogP contribution in [-0.4, -0.2) is 40.4 Å². The molecule has 140 valence electrons. The summed E-state index contributed by atoms with van der Waals surface area (Å²) in [6.45, 7) is 0.421. The lowest BCUT2D eigenvalue weighted by Crippen LogP contribution is -2.27. The number of hydrogen-bond acceptors (Lipinski definition) is 6. The summed E-state index contributed by atoms with van der Waals surface area (Å²) in [5.74, 6) is 0. The maximum atomic E-state index is 11.9. The average Bonchev–Trinajstić information content (AvgIpc) is 2.62. The van der Waals surface area contributed by atoms with E-state index in [2.05, 4.69) is 15.3 Å². The summed E-state index contributed by atoms with van der Waals surface area (Å²) in [4.78, 5) is 31.4. The van der Waals surface area contributed by atoms with Crippen LogP contribution in [0.1, 0.15) is 11.6 Å². The molecule has 2 aromatic carbocycles. The number of rotatable bonds is 6. The Labute approximate surface area is 159 Å². The van der Waals surface area contributed by atoms with Crippen molar-refractivity contribution in [1.29, 1.82) is 0 Å². The third-order valence-electron chi connectivity index (χ3n) is 4.32. The lowest BCUT2D eigenvalue weighted by atomic mass is 10.1. The number of nitrogens with zero attached hydrogens (tertiary/aromatic N) is 3. The van der Waals surface area contributed by atoms with Crippen molar-refractivity contribution in [1.82, 2.24) is 14.9 Å². The minimum atomic E-state index is -0.513. The maximum Gasteiger partial charge on any atom is 0.293 e. The topological polar surface area (TPSA) is 104 Å². The zero-order valence-corrected chi connectivity index (χ0v) is 15.5. The molecule has 1 atom stereocenters. The molecule has 8 nitrogen and oxygen atoms in total. The number of H-pyrrole nitrogens is 1. The van der Waals surface area contributed by atoms with Crippen molar-refractivity contribution in [2.24, 2.45) is 0 Å². The molecule has 0 saturated heterocycles. The van der Waals surface area contributed by atoms with Crippen LogP contribution in [0, 0.1) is 10.1 Å². The van der Waals surface area contributed by atoms with Gasteiger partial charge in [-0.3, -0.25) is 14.9 Å². The van der Waals surface area contributed by atoms with Crippen molar-refractivity contribution in [3.63, 3.8) is 0 Å². The van der Waals surface area contributed by atoms with E-state index in [0.717, 1.165) is 5.56 Å². The number of nitrogens with one attached hydrogen (secondary N) is 2. The summed E-state index contributed by atoms with van der Waals surface area (Å²) in [5, 5.41) is 15.4. The Morgan fingerprint density at radius 1 is 1.30 bits per heavy atom. The molecule has 27 heavy (non-hydrogen) atoms. The fraction of sp³-hybridized carbons (Fsp3) is 0.222. The second-order valence-corrected chi connectivity index (χ2v) is 6.72. The zero-order valence-electron chi connectivity index (χ0n) is 14.8. The summed E-state index contributed by atoms with van der Waals surface area (Å²) in [7, 11) is 3.85. The molecular weight excluding hydrogens is 370 g/mol. The normalized spacial score (nSPS) is 12.3. The monoisotopic (exact) mass is 387 g/mol. The van der Waals surface area contributed by atoms with Gasteiger partial charge in [0.25, 0.3) is 11.2 Å². The second-order valence-electron chi connectivity index (χ2n) is 6.29. The van der Waals surface area contributed by atoms with E-state index in [1.807, 2.05) is 43.3 Å². The molecule has 3 aromatic rings. The highest BCUT2D eigenvalue weighted by Crippen LogP contribution is 2.29. The van der Waals surface area contributed by atoms with E-state index in [-0.39, 0.29) is 17.1 Å². The van der Waals surface area contributed by atoms with E-state index in [1.54, 1.807) is 0 Å². The van der Waals surface area contributed by atoms with Gasteiger partial charge in [-0.1, -0.05) is 23.7 Å². The number of halogens is 1. The van der Waals surface area contributed by atoms with Crippen LogP contribution in [0.5, 0.6) is 0 Å². The molecule has 0 aliphatic heterocycles. The third kappa shape index (κ3) is 4.07. The van der Waals surface area contributed by atoms with Gasteiger partial charge in [-0.05, 0) is 37.9 Å². The summed E-state index contributed by atoms with van der Waals surface area (Å²) in [5.41, 5.74) is 1.14. The number of hydrogen-bond donors (Lipinski definition) is 2. The summed E-state index contributed by atoms with van der Waals surface area (Å²) in [6, 6.07) is 10.2. The second kappa shape index (κ2) is 7.73. The van der Waals surface area contributed by atoms with Crippen LogP contribution in [0.15, 0.2) is 47.5 Å². The molecule has 0 aliphatic carbocycles. The average molecular weight is 388 g/mol. The Bertz CT molecular complexity index is 1030. The first-order valence-corrected chi connectivity index (χ1v) is 8.56. The van der Waals surface area contributed by atoms with Crippen LogP contribution in [0.2, 0.25) is 5.02 Å². The van der Waals surface area contributed by atoms with Gasteiger partial charge in [-0.2, -0.15) is 0 Å². The van der Waals surface area contributed by atoms with Gasteiger partial charge in [0.1, 0.15) is 5.69 Å². The smallest absolute Gasteiger partial charge is 0.293 e. The van der Waals surface area contributed by atoms with Crippen LogP contribution in [0.25, 0.3) is 10.9 Å². The zero-order chi connectivity index (χ0) is 19.6. The van der Waals surface area contributed by atoms with Gasteiger partial charge >= 0.3 is 0 Å². The summed E-state index contributed by atoms with van der Waals surface area (Å²) in [6.07, 6.45) is 1.27. The highest BCUT2D eigenvalue weighted by atomic mass is 35.5. The van der Waals surface area contributed by atoms with E-state index < -0.39 is 10.5 Å². The van der Waals surface area contributed by atoms with Crippen molar-refractivity contribution in [3.8, 4) is 0 Å². The molecule has 1 heterocycles. The molecule has 0 amide bonds. The molecule has 0 fully saturated rings. The lowest BCUT2D eigenvalue weighted by Gasteiger charge is -2.25. The van der Waals surface area contributed by atoms with Crippen LogP contribution < -0.4 is 10.9 Å². The van der Waals surface area contributed by atoms with E-state index in [1.165, 1.54) is 18.5 Å². The van der Waals surface area contributed by atoms with Crippen molar-refractivity contribution in [2.75, 3.05) is 26.0 Å². The molecule has 0 aliphatic rings. The number of aromatic amines is 1. The Morgan fingerprint density at radius 3 is 2.63 bits per heavy atom. The van der Waals surface area contributed by atoms with E-state index >= 15 is 0 Å². The van der Waals surface area contributed by atoms with Crippen LogP contribution in [-0.2, 0) is 0 Å². The molecule has 0 spiro atoms. The first-order valence-electron chi connectivity index (χ1n) is 8.18. The molecule has 1 unspecified atom stereocenters. The number of nitro groups is 1. The van der Waals surface area contributed by atoms with Gasteiger partial charge in [0.15, 0.2) is 0 Å². The molecule has 9 heteroatoms. The largest absolute Gasteiger partial charge is 0.378 e. The Hall–Kier alpha value is -2.97. The van der Waals surface area contributed by atoms with Crippen molar-refractivity contribution < 1.29 is 4.92 Å². The SMILES string of the molecule is CN(C)C(CNc1cc2nc[nH]c(=O)c2cc1[N+](=O)[O-])c1ccc(Cl)cc1. The fourth-order valence-corrected chi connectivity index (χ4v) is 3.01. The van der Waals surface area contributed by atoms with Crippen molar-refractivity contribution in [3.05, 3.63) is 73.8 Å². The van der Waals surface area contributed by atoms with Crippen LogP contribution in [0.4, 0.5) is 11.4 Å². The van der Waals surface area contributed by atoms with E-state index in [9.17, 15) is 14.9 Å². The Morgan fingerprint density at radius 2 is 2.00 bits per heavy atom. The summed E-state index contributed by atoms with van der Waals surface area (Å²) >= 11 is 5.95. The molecule has 2 N–H and O–H groups in total. The molecule has 3 rings (SSSR count).